The Hall–Kier alpha value is -2.89. The molecule has 2 aromatic carbocycles. The number of nitrogens with one attached hydrogen (secondary N) is 1. The summed E-state index contributed by atoms with van der Waals surface area (Å²) in [6, 6.07) is 9.25. The highest BCUT2D eigenvalue weighted by atomic mass is 19.1. The number of anilines is 1. The number of aromatic carboxylic acids is 1. The Bertz CT molecular complexity index is 683. The van der Waals surface area contributed by atoms with E-state index in [2.05, 4.69) is 5.32 Å². The van der Waals surface area contributed by atoms with Crippen molar-refractivity contribution in [1.82, 2.24) is 0 Å². The molecule has 0 aliphatic rings. The fraction of sp³-hybridized carbons (Fsp3) is 0.0667. The fourth-order valence-electron chi connectivity index (χ4n) is 1.78. The molecule has 0 aromatic heterocycles. The first-order chi connectivity index (χ1) is 9.95. The van der Waals surface area contributed by atoms with E-state index in [1.807, 2.05) is 0 Å². The number of hydrogen-bond donors (Lipinski definition) is 3. The number of rotatable bonds is 4. The molecule has 0 bridgehead atoms. The molecule has 2 rings (SSSR count). The quantitative estimate of drug-likeness (QED) is 0.754. The monoisotopic (exact) mass is 289 g/mol. The Balaban J connectivity index is 2.07. The van der Waals surface area contributed by atoms with Crippen molar-refractivity contribution < 1.29 is 24.2 Å². The fourth-order valence-corrected chi connectivity index (χ4v) is 1.78. The predicted molar refractivity (Wildman–Crippen MR) is 73.8 cm³/mol. The highest BCUT2D eigenvalue weighted by molar-refractivity contribution is 5.96. The Morgan fingerprint density at radius 3 is 2.38 bits per heavy atom. The number of carbonyl (C=O) groups excluding carboxylic acids is 1. The largest absolute Gasteiger partial charge is 0.507 e. The average molecular weight is 289 g/mol. The van der Waals surface area contributed by atoms with Crippen LogP contribution in [0.5, 0.6) is 5.75 Å². The zero-order chi connectivity index (χ0) is 15.4. The second kappa shape index (κ2) is 6.04. The van der Waals surface area contributed by atoms with Crippen LogP contribution in [0.4, 0.5) is 10.1 Å². The number of carbonyl (C=O) groups is 2. The van der Waals surface area contributed by atoms with Gasteiger partial charge < -0.3 is 15.5 Å². The Kier molecular flexibility index (Phi) is 4.18. The van der Waals surface area contributed by atoms with E-state index in [4.69, 9.17) is 5.11 Å². The molecule has 0 fully saturated rings. The van der Waals surface area contributed by atoms with Crippen LogP contribution in [0.15, 0.2) is 42.5 Å². The van der Waals surface area contributed by atoms with Gasteiger partial charge in [-0.15, -0.1) is 0 Å². The van der Waals surface area contributed by atoms with Crippen LogP contribution in [-0.2, 0) is 11.2 Å². The number of halogens is 1. The molecule has 5 nitrogen and oxygen atoms in total. The highest BCUT2D eigenvalue weighted by Gasteiger charge is 2.11. The molecule has 0 spiro atoms. The molecule has 0 saturated heterocycles. The summed E-state index contributed by atoms with van der Waals surface area (Å²) >= 11 is 0. The van der Waals surface area contributed by atoms with Gasteiger partial charge in [-0.2, -0.15) is 0 Å². The van der Waals surface area contributed by atoms with Gasteiger partial charge >= 0.3 is 5.97 Å². The van der Waals surface area contributed by atoms with Crippen molar-refractivity contribution in [3.63, 3.8) is 0 Å². The summed E-state index contributed by atoms with van der Waals surface area (Å²) in [7, 11) is 0. The summed E-state index contributed by atoms with van der Waals surface area (Å²) in [5, 5.41) is 20.8. The summed E-state index contributed by atoms with van der Waals surface area (Å²) in [6.07, 6.45) is 0.0313. The van der Waals surface area contributed by atoms with Crippen LogP contribution < -0.4 is 5.32 Å². The van der Waals surface area contributed by atoms with Gasteiger partial charge in [0.05, 0.1) is 6.42 Å². The molecule has 0 aliphatic carbocycles. The van der Waals surface area contributed by atoms with E-state index in [1.54, 1.807) is 0 Å². The molecule has 0 atom stereocenters. The third-order valence-electron chi connectivity index (χ3n) is 2.79. The van der Waals surface area contributed by atoms with E-state index in [0.29, 0.717) is 5.56 Å². The van der Waals surface area contributed by atoms with E-state index in [9.17, 15) is 19.1 Å². The summed E-state index contributed by atoms with van der Waals surface area (Å²) in [5.41, 5.74) is 0.595. The zero-order valence-electron chi connectivity index (χ0n) is 10.8. The lowest BCUT2D eigenvalue weighted by atomic mass is 10.1. The molecule has 2 aromatic rings. The topological polar surface area (TPSA) is 86.6 Å². The third-order valence-corrected chi connectivity index (χ3v) is 2.79. The van der Waals surface area contributed by atoms with Crippen LogP contribution in [0.2, 0.25) is 0 Å². The summed E-state index contributed by atoms with van der Waals surface area (Å²) < 4.78 is 12.7. The van der Waals surface area contributed by atoms with E-state index in [-0.39, 0.29) is 35.1 Å². The van der Waals surface area contributed by atoms with Crippen molar-refractivity contribution >= 4 is 17.6 Å². The van der Waals surface area contributed by atoms with Crippen LogP contribution >= 0.6 is 0 Å². The van der Waals surface area contributed by atoms with Gasteiger partial charge in [-0.25, -0.2) is 9.18 Å². The zero-order valence-corrected chi connectivity index (χ0v) is 10.8. The first kappa shape index (κ1) is 14.5. The van der Waals surface area contributed by atoms with Crippen molar-refractivity contribution in [1.29, 1.82) is 0 Å². The first-order valence-electron chi connectivity index (χ1n) is 6.06. The molecule has 0 unspecified atom stereocenters. The van der Waals surface area contributed by atoms with Gasteiger partial charge in [0.1, 0.15) is 17.1 Å². The average Bonchev–Trinajstić information content (AvgIpc) is 2.43. The number of aromatic hydroxyl groups is 1. The summed E-state index contributed by atoms with van der Waals surface area (Å²) in [6.45, 7) is 0. The number of carboxylic acid groups (broad SMARTS) is 1. The van der Waals surface area contributed by atoms with Crippen LogP contribution in [0, 0.1) is 5.82 Å². The standard InChI is InChI=1S/C15H12FNO4/c16-10-3-1-9(2-4-10)7-14(19)17-11-5-6-13(18)12(8-11)15(20)21/h1-6,8,18H,7H2,(H,17,19)(H,20,21). The lowest BCUT2D eigenvalue weighted by Gasteiger charge is -2.07. The van der Waals surface area contributed by atoms with E-state index in [1.165, 1.54) is 42.5 Å². The third kappa shape index (κ3) is 3.79. The number of amides is 1. The maximum absolute atomic E-state index is 12.7. The maximum atomic E-state index is 12.7. The smallest absolute Gasteiger partial charge is 0.339 e. The van der Waals surface area contributed by atoms with Crippen molar-refractivity contribution in [3.8, 4) is 5.75 Å². The number of hydrogen-bond acceptors (Lipinski definition) is 3. The predicted octanol–water partition coefficient (Wildman–Crippen LogP) is 2.41. The van der Waals surface area contributed by atoms with Gasteiger partial charge in [0.25, 0.3) is 0 Å². The molecule has 6 heteroatoms. The van der Waals surface area contributed by atoms with Crippen LogP contribution in [-0.4, -0.2) is 22.1 Å². The highest BCUT2D eigenvalue weighted by Crippen LogP contribution is 2.21. The van der Waals surface area contributed by atoms with Crippen LogP contribution in [0.25, 0.3) is 0 Å². The number of phenols is 1. The van der Waals surface area contributed by atoms with Gasteiger partial charge in [0.2, 0.25) is 5.91 Å². The summed E-state index contributed by atoms with van der Waals surface area (Å²) in [5.74, 6) is -2.42. The van der Waals surface area contributed by atoms with Crippen molar-refractivity contribution in [3.05, 3.63) is 59.4 Å². The van der Waals surface area contributed by atoms with Gasteiger partial charge in [0, 0.05) is 5.69 Å². The molecular formula is C15H12FNO4. The molecule has 0 radical (unpaired) electrons. The number of carboxylic acids is 1. The molecule has 3 N–H and O–H groups in total. The van der Waals surface area contributed by atoms with Gasteiger partial charge in [-0.05, 0) is 35.9 Å². The van der Waals surface area contributed by atoms with Gasteiger partial charge in [-0.3, -0.25) is 4.79 Å². The minimum Gasteiger partial charge on any atom is -0.507 e. The summed E-state index contributed by atoms with van der Waals surface area (Å²) in [4.78, 5) is 22.7. The molecule has 0 saturated carbocycles. The van der Waals surface area contributed by atoms with Crippen molar-refractivity contribution in [2.75, 3.05) is 5.32 Å². The molecule has 0 aliphatic heterocycles. The molecule has 1 amide bonds. The number of benzene rings is 2. The van der Waals surface area contributed by atoms with E-state index in [0.717, 1.165) is 0 Å². The second-order valence-corrected chi connectivity index (χ2v) is 4.39. The first-order valence-corrected chi connectivity index (χ1v) is 6.06. The van der Waals surface area contributed by atoms with E-state index < -0.39 is 5.97 Å². The molecule has 108 valence electrons. The Morgan fingerprint density at radius 1 is 1.10 bits per heavy atom. The Labute approximate surface area is 119 Å². The minimum absolute atomic E-state index is 0.0313. The lowest BCUT2D eigenvalue weighted by Crippen LogP contribution is -2.14. The van der Waals surface area contributed by atoms with Crippen molar-refractivity contribution in [2.45, 2.75) is 6.42 Å². The second-order valence-electron chi connectivity index (χ2n) is 4.39. The van der Waals surface area contributed by atoms with Crippen LogP contribution in [0.3, 0.4) is 0 Å². The Morgan fingerprint density at radius 2 is 1.76 bits per heavy atom. The molecular weight excluding hydrogens is 277 g/mol. The minimum atomic E-state index is -1.29. The van der Waals surface area contributed by atoms with Gasteiger partial charge in [-0.1, -0.05) is 12.1 Å². The van der Waals surface area contributed by atoms with Crippen LogP contribution in [0.1, 0.15) is 15.9 Å². The lowest BCUT2D eigenvalue weighted by molar-refractivity contribution is -0.115. The van der Waals surface area contributed by atoms with Gasteiger partial charge in [0.15, 0.2) is 0 Å². The SMILES string of the molecule is O=C(Cc1ccc(F)cc1)Nc1ccc(O)c(C(=O)O)c1. The van der Waals surface area contributed by atoms with Crippen molar-refractivity contribution in [2.24, 2.45) is 0 Å². The van der Waals surface area contributed by atoms with E-state index >= 15 is 0 Å². The normalized spacial score (nSPS) is 10.1. The molecule has 21 heavy (non-hydrogen) atoms. The molecule has 0 heterocycles. The maximum Gasteiger partial charge on any atom is 0.339 e.